The third kappa shape index (κ3) is 2.58. The molecule has 0 saturated carbocycles. The highest BCUT2D eigenvalue weighted by Gasteiger charge is 2.45. The molecule has 0 fully saturated rings. The summed E-state index contributed by atoms with van der Waals surface area (Å²) >= 11 is 0. The van der Waals surface area contributed by atoms with Gasteiger partial charge < -0.3 is 24.4 Å². The minimum absolute atomic E-state index is 0.399. The number of anilines is 2. The number of aliphatic hydroxyl groups excluding tert-OH is 1. The molecule has 3 aromatic rings. The summed E-state index contributed by atoms with van der Waals surface area (Å²) in [5, 5.41) is 11.9. The molecule has 0 saturated heterocycles. The summed E-state index contributed by atoms with van der Waals surface area (Å²) in [6, 6.07) is 8.03. The van der Waals surface area contributed by atoms with E-state index in [2.05, 4.69) is 23.8 Å². The minimum atomic E-state index is -0.763. The fraction of sp³-hybridized carbons (Fsp3) is 0.364. The van der Waals surface area contributed by atoms with Crippen LogP contribution < -0.4 is 14.5 Å². The summed E-state index contributed by atoms with van der Waals surface area (Å²) in [4.78, 5) is 13.0. The molecule has 150 valence electrons. The van der Waals surface area contributed by atoms with Gasteiger partial charge in [0.2, 0.25) is 6.35 Å². The highest BCUT2D eigenvalue weighted by atomic mass is 16.5. The lowest BCUT2D eigenvalue weighted by Crippen LogP contribution is -2.54. The molecule has 2 aromatic heterocycles. The van der Waals surface area contributed by atoms with Crippen LogP contribution in [0.25, 0.3) is 22.0 Å². The third-order valence-electron chi connectivity index (χ3n) is 5.79. The summed E-state index contributed by atoms with van der Waals surface area (Å²) in [6.45, 7) is 5.08. The number of hydrogen-bond acceptors (Lipinski definition) is 7. The first-order valence-electron chi connectivity index (χ1n) is 9.65. The standard InChI is InChI=1S/C22H24N4O3/c1-22(2)12-29-20-15(13-5-6-14(11-28-4)23-9-13)7-8-16-18(20)19-17(10-24-16)25(3)21(27)26(19)22/h5-10,21,27H,11-12H2,1-4H3. The van der Waals surface area contributed by atoms with E-state index < -0.39 is 11.9 Å². The second kappa shape index (κ2) is 6.30. The van der Waals surface area contributed by atoms with Crippen LogP contribution in [0.5, 0.6) is 5.75 Å². The molecule has 1 aromatic carbocycles. The molecule has 7 nitrogen and oxygen atoms in total. The fourth-order valence-electron chi connectivity index (χ4n) is 4.27. The molecule has 0 aliphatic carbocycles. The SMILES string of the molecule is COCc1ccc(-c2ccc3ncc4c5c3c2OCC(C)(C)N5C(O)N4C)cn1. The zero-order valence-corrected chi connectivity index (χ0v) is 17.0. The van der Waals surface area contributed by atoms with Gasteiger partial charge in [-0.2, -0.15) is 0 Å². The topological polar surface area (TPSA) is 71.0 Å². The normalized spacial score (nSPS) is 19.4. The predicted molar refractivity (Wildman–Crippen MR) is 112 cm³/mol. The van der Waals surface area contributed by atoms with Crippen molar-refractivity contribution in [2.75, 3.05) is 30.6 Å². The van der Waals surface area contributed by atoms with E-state index in [0.29, 0.717) is 13.2 Å². The van der Waals surface area contributed by atoms with Crippen LogP contribution in [0.2, 0.25) is 0 Å². The molecule has 2 aliphatic heterocycles. The third-order valence-corrected chi connectivity index (χ3v) is 5.79. The molecule has 1 N–H and O–H groups in total. The number of rotatable bonds is 3. The smallest absolute Gasteiger partial charge is 0.208 e. The van der Waals surface area contributed by atoms with Gasteiger partial charge in [0.05, 0.1) is 46.3 Å². The van der Waals surface area contributed by atoms with Crippen LogP contribution in [-0.4, -0.2) is 47.7 Å². The van der Waals surface area contributed by atoms with Crippen LogP contribution in [-0.2, 0) is 11.3 Å². The first-order chi connectivity index (χ1) is 13.9. The Morgan fingerprint density at radius 1 is 1.21 bits per heavy atom. The van der Waals surface area contributed by atoms with Crippen molar-refractivity contribution in [1.82, 2.24) is 9.97 Å². The first-order valence-corrected chi connectivity index (χ1v) is 9.65. The van der Waals surface area contributed by atoms with E-state index >= 15 is 0 Å². The monoisotopic (exact) mass is 392 g/mol. The van der Waals surface area contributed by atoms with Crippen molar-refractivity contribution in [2.45, 2.75) is 32.3 Å². The van der Waals surface area contributed by atoms with Gasteiger partial charge in [-0.15, -0.1) is 0 Å². The number of methoxy groups -OCH3 is 1. The van der Waals surface area contributed by atoms with E-state index in [-0.39, 0.29) is 0 Å². The Labute approximate surface area is 169 Å². The van der Waals surface area contributed by atoms with Crippen molar-refractivity contribution >= 4 is 22.3 Å². The van der Waals surface area contributed by atoms with E-state index in [1.54, 1.807) is 7.11 Å². The quantitative estimate of drug-likeness (QED) is 0.734. The van der Waals surface area contributed by atoms with E-state index in [1.807, 2.05) is 53.5 Å². The maximum atomic E-state index is 10.9. The maximum absolute atomic E-state index is 10.9. The number of pyridine rings is 2. The maximum Gasteiger partial charge on any atom is 0.208 e. The van der Waals surface area contributed by atoms with Crippen molar-refractivity contribution in [1.29, 1.82) is 0 Å². The summed E-state index contributed by atoms with van der Waals surface area (Å²) in [5.41, 5.74) is 5.12. The highest BCUT2D eigenvalue weighted by Crippen LogP contribution is 2.52. The summed E-state index contributed by atoms with van der Waals surface area (Å²) in [7, 11) is 3.55. The summed E-state index contributed by atoms with van der Waals surface area (Å²) in [6.07, 6.45) is 2.91. The van der Waals surface area contributed by atoms with Gasteiger partial charge in [-0.05, 0) is 32.0 Å². The largest absolute Gasteiger partial charge is 0.490 e. The van der Waals surface area contributed by atoms with Gasteiger partial charge in [-0.1, -0.05) is 6.07 Å². The van der Waals surface area contributed by atoms with E-state index in [9.17, 15) is 5.11 Å². The zero-order valence-electron chi connectivity index (χ0n) is 17.0. The van der Waals surface area contributed by atoms with Crippen LogP contribution >= 0.6 is 0 Å². The van der Waals surface area contributed by atoms with E-state index in [1.165, 1.54) is 0 Å². The molecule has 1 unspecified atom stereocenters. The lowest BCUT2D eigenvalue weighted by molar-refractivity contribution is 0.131. The Morgan fingerprint density at radius 2 is 2.03 bits per heavy atom. The molecule has 0 spiro atoms. The van der Waals surface area contributed by atoms with Crippen LogP contribution in [0, 0.1) is 0 Å². The van der Waals surface area contributed by atoms with Crippen molar-refractivity contribution in [2.24, 2.45) is 0 Å². The average molecular weight is 392 g/mol. The lowest BCUT2D eigenvalue weighted by atomic mass is 10.0. The van der Waals surface area contributed by atoms with Gasteiger partial charge in [0.1, 0.15) is 12.4 Å². The van der Waals surface area contributed by atoms with Crippen molar-refractivity contribution in [3.05, 3.63) is 42.4 Å². The van der Waals surface area contributed by atoms with E-state index in [0.717, 1.165) is 44.8 Å². The molecule has 7 heteroatoms. The minimum Gasteiger partial charge on any atom is -0.490 e. The van der Waals surface area contributed by atoms with Crippen LogP contribution in [0.15, 0.2) is 36.7 Å². The van der Waals surface area contributed by atoms with Gasteiger partial charge in [-0.25, -0.2) is 0 Å². The number of ether oxygens (including phenoxy) is 2. The molecule has 0 bridgehead atoms. The van der Waals surface area contributed by atoms with Crippen LogP contribution in [0.1, 0.15) is 19.5 Å². The number of hydrogen-bond donors (Lipinski definition) is 1. The summed E-state index contributed by atoms with van der Waals surface area (Å²) < 4.78 is 11.5. The molecule has 2 aliphatic rings. The Morgan fingerprint density at radius 3 is 2.76 bits per heavy atom. The Hall–Kier alpha value is -2.90. The molecule has 4 heterocycles. The molecule has 5 rings (SSSR count). The van der Waals surface area contributed by atoms with Crippen LogP contribution in [0.4, 0.5) is 11.4 Å². The number of nitrogens with zero attached hydrogens (tertiary/aromatic N) is 4. The number of benzene rings is 1. The highest BCUT2D eigenvalue weighted by molar-refractivity contribution is 6.07. The second-order valence-electron chi connectivity index (χ2n) is 8.23. The van der Waals surface area contributed by atoms with Gasteiger partial charge in [0.15, 0.2) is 0 Å². The van der Waals surface area contributed by atoms with Gasteiger partial charge in [0.25, 0.3) is 0 Å². The van der Waals surface area contributed by atoms with Gasteiger partial charge >= 0.3 is 0 Å². The Kier molecular flexibility index (Phi) is 3.94. The summed E-state index contributed by atoms with van der Waals surface area (Å²) in [5.74, 6) is 0.784. The molecule has 29 heavy (non-hydrogen) atoms. The predicted octanol–water partition coefficient (Wildman–Crippen LogP) is 3.15. The molecular weight excluding hydrogens is 368 g/mol. The average Bonchev–Trinajstić information content (AvgIpc) is 2.90. The lowest BCUT2D eigenvalue weighted by Gasteiger charge is -2.38. The van der Waals surface area contributed by atoms with Crippen LogP contribution in [0.3, 0.4) is 0 Å². The van der Waals surface area contributed by atoms with Crippen molar-refractivity contribution in [3.63, 3.8) is 0 Å². The number of aromatic nitrogens is 2. The molecule has 0 radical (unpaired) electrons. The number of aliphatic hydroxyl groups is 1. The van der Waals surface area contributed by atoms with Gasteiger partial charge in [0, 0.05) is 31.5 Å². The van der Waals surface area contributed by atoms with Crippen molar-refractivity contribution in [3.8, 4) is 16.9 Å². The second-order valence-corrected chi connectivity index (χ2v) is 8.23. The van der Waals surface area contributed by atoms with E-state index in [4.69, 9.17) is 9.47 Å². The Balaban J connectivity index is 1.77. The van der Waals surface area contributed by atoms with Crippen molar-refractivity contribution < 1.29 is 14.6 Å². The zero-order chi connectivity index (χ0) is 20.3. The molecular formula is C22H24N4O3. The Bertz CT molecular complexity index is 1100. The van der Waals surface area contributed by atoms with Gasteiger partial charge in [-0.3, -0.25) is 9.97 Å². The molecule has 1 atom stereocenters. The first kappa shape index (κ1) is 18.1. The fourth-order valence-corrected chi connectivity index (χ4v) is 4.27. The molecule has 0 amide bonds.